The summed E-state index contributed by atoms with van der Waals surface area (Å²) in [4.78, 5) is 12.5. The van der Waals surface area contributed by atoms with Crippen LogP contribution in [-0.4, -0.2) is 5.78 Å². The molecule has 0 bridgehead atoms. The first-order valence-corrected chi connectivity index (χ1v) is 6.65. The molecule has 1 atom stereocenters. The highest BCUT2D eigenvalue weighted by Gasteiger charge is 2.26. The number of hydrogen-bond donors (Lipinski definition) is 0. The van der Waals surface area contributed by atoms with Crippen molar-refractivity contribution in [2.75, 3.05) is 0 Å². The Kier molecular flexibility index (Phi) is 3.04. The predicted octanol–water partition coefficient (Wildman–Crippen LogP) is 4.46. The average Bonchev–Trinajstić information content (AvgIpc) is 2.46. The highest BCUT2D eigenvalue weighted by atomic mass is 16.1. The first-order chi connectivity index (χ1) is 9.25. The van der Waals surface area contributed by atoms with E-state index in [2.05, 4.69) is 13.0 Å². The van der Waals surface area contributed by atoms with Crippen molar-refractivity contribution in [2.24, 2.45) is 0 Å². The summed E-state index contributed by atoms with van der Waals surface area (Å²) in [6.45, 7) is 2.18. The van der Waals surface area contributed by atoms with Crippen LogP contribution in [0.5, 0.6) is 0 Å². The van der Waals surface area contributed by atoms with Crippen LogP contribution in [0, 0.1) is 0 Å². The molecule has 1 aliphatic rings. The standard InChI is InChI=1S/C18H16O/c1-13-11-15(12-14-7-3-2-4-8-14)18(19)17-10-6-5-9-16(13)17/h2-10,12-13H,11H2,1H3. The van der Waals surface area contributed by atoms with Crippen LogP contribution < -0.4 is 0 Å². The minimum Gasteiger partial charge on any atom is -0.289 e. The van der Waals surface area contributed by atoms with E-state index in [0.29, 0.717) is 5.92 Å². The number of fused-ring (bicyclic) bond motifs is 1. The minimum absolute atomic E-state index is 0.178. The van der Waals surface area contributed by atoms with Crippen molar-refractivity contribution in [1.82, 2.24) is 0 Å². The number of carbonyl (C=O) groups is 1. The SMILES string of the molecule is CC1CC(=Cc2ccccc2)C(=O)c2ccccc21. The molecule has 2 aromatic rings. The van der Waals surface area contributed by atoms with Gasteiger partial charge >= 0.3 is 0 Å². The van der Waals surface area contributed by atoms with Gasteiger partial charge in [0.25, 0.3) is 0 Å². The molecular formula is C18H16O. The van der Waals surface area contributed by atoms with Crippen LogP contribution in [0.25, 0.3) is 6.08 Å². The monoisotopic (exact) mass is 248 g/mol. The molecule has 94 valence electrons. The second kappa shape index (κ2) is 4.85. The molecule has 1 heteroatoms. The molecule has 0 aliphatic heterocycles. The van der Waals surface area contributed by atoms with Crippen molar-refractivity contribution < 1.29 is 4.79 Å². The maximum Gasteiger partial charge on any atom is 0.189 e. The molecule has 0 heterocycles. The van der Waals surface area contributed by atoms with Crippen LogP contribution in [0.1, 0.15) is 40.7 Å². The third-order valence-electron chi connectivity index (χ3n) is 3.69. The van der Waals surface area contributed by atoms with Gasteiger partial charge in [-0.1, -0.05) is 61.5 Å². The summed E-state index contributed by atoms with van der Waals surface area (Å²) < 4.78 is 0. The lowest BCUT2D eigenvalue weighted by molar-refractivity contribution is 0.102. The van der Waals surface area contributed by atoms with Crippen LogP contribution in [0.15, 0.2) is 60.2 Å². The number of hydrogen-bond acceptors (Lipinski definition) is 1. The third-order valence-corrected chi connectivity index (χ3v) is 3.69. The average molecular weight is 248 g/mol. The fourth-order valence-corrected chi connectivity index (χ4v) is 2.71. The first-order valence-electron chi connectivity index (χ1n) is 6.65. The summed E-state index contributed by atoms with van der Waals surface area (Å²) in [5, 5.41) is 0. The number of benzene rings is 2. The summed E-state index contributed by atoms with van der Waals surface area (Å²) in [7, 11) is 0. The molecule has 0 N–H and O–H groups in total. The van der Waals surface area contributed by atoms with Gasteiger partial charge in [0.05, 0.1) is 0 Å². The summed E-state index contributed by atoms with van der Waals surface area (Å²) in [5.74, 6) is 0.585. The molecule has 0 amide bonds. The normalized spacial score (nSPS) is 20.4. The number of carbonyl (C=O) groups excluding carboxylic acids is 1. The van der Waals surface area contributed by atoms with Crippen molar-refractivity contribution in [1.29, 1.82) is 0 Å². The molecule has 0 spiro atoms. The van der Waals surface area contributed by atoms with E-state index >= 15 is 0 Å². The smallest absolute Gasteiger partial charge is 0.189 e. The Hall–Kier alpha value is -2.15. The molecule has 0 saturated heterocycles. The number of ketones is 1. The molecular weight excluding hydrogens is 232 g/mol. The lowest BCUT2D eigenvalue weighted by Gasteiger charge is -2.23. The van der Waals surface area contributed by atoms with Gasteiger partial charge in [0, 0.05) is 11.1 Å². The van der Waals surface area contributed by atoms with Crippen molar-refractivity contribution >= 4 is 11.9 Å². The summed E-state index contributed by atoms with van der Waals surface area (Å²) in [6, 6.07) is 18.0. The number of rotatable bonds is 1. The van der Waals surface area contributed by atoms with Gasteiger partial charge in [0.15, 0.2) is 5.78 Å². The van der Waals surface area contributed by atoms with Crippen LogP contribution >= 0.6 is 0 Å². The molecule has 3 rings (SSSR count). The fraction of sp³-hybridized carbons (Fsp3) is 0.167. The molecule has 0 saturated carbocycles. The molecule has 2 aromatic carbocycles. The van der Waals surface area contributed by atoms with E-state index in [-0.39, 0.29) is 5.78 Å². The van der Waals surface area contributed by atoms with Crippen LogP contribution in [0.4, 0.5) is 0 Å². The van der Waals surface area contributed by atoms with Gasteiger partial charge in [-0.2, -0.15) is 0 Å². The van der Waals surface area contributed by atoms with Crippen molar-refractivity contribution in [3.63, 3.8) is 0 Å². The Morgan fingerprint density at radius 1 is 1.00 bits per heavy atom. The van der Waals surface area contributed by atoms with Crippen LogP contribution in [-0.2, 0) is 0 Å². The van der Waals surface area contributed by atoms with Crippen molar-refractivity contribution in [2.45, 2.75) is 19.3 Å². The van der Waals surface area contributed by atoms with E-state index in [9.17, 15) is 4.79 Å². The number of Topliss-reactive ketones (excluding diaryl/α,β-unsaturated/α-hetero) is 1. The molecule has 1 aliphatic carbocycles. The Labute approximate surface area is 113 Å². The summed E-state index contributed by atoms with van der Waals surface area (Å²) in [5.41, 5.74) is 4.05. The van der Waals surface area contributed by atoms with Crippen molar-refractivity contribution in [3.05, 3.63) is 76.9 Å². The van der Waals surface area contributed by atoms with E-state index in [4.69, 9.17) is 0 Å². The topological polar surface area (TPSA) is 17.1 Å². The molecule has 19 heavy (non-hydrogen) atoms. The highest BCUT2D eigenvalue weighted by Crippen LogP contribution is 2.34. The summed E-state index contributed by atoms with van der Waals surface area (Å²) in [6.07, 6.45) is 2.85. The Bertz CT molecular complexity index is 638. The number of allylic oxidation sites excluding steroid dienone is 1. The van der Waals surface area contributed by atoms with Gasteiger partial charge in [0.1, 0.15) is 0 Å². The quantitative estimate of drug-likeness (QED) is 0.681. The Morgan fingerprint density at radius 3 is 2.47 bits per heavy atom. The van der Waals surface area contributed by atoms with Gasteiger partial charge in [-0.15, -0.1) is 0 Å². The molecule has 1 unspecified atom stereocenters. The lowest BCUT2D eigenvalue weighted by Crippen LogP contribution is -2.16. The second-order valence-electron chi connectivity index (χ2n) is 5.10. The first kappa shape index (κ1) is 11.9. The van der Waals surface area contributed by atoms with Gasteiger partial charge in [0.2, 0.25) is 0 Å². The van der Waals surface area contributed by atoms with Crippen molar-refractivity contribution in [3.8, 4) is 0 Å². The van der Waals surface area contributed by atoms with Gasteiger partial charge < -0.3 is 0 Å². The maximum atomic E-state index is 12.5. The molecule has 1 nitrogen and oxygen atoms in total. The Balaban J connectivity index is 2.03. The minimum atomic E-state index is 0.178. The fourth-order valence-electron chi connectivity index (χ4n) is 2.71. The lowest BCUT2D eigenvalue weighted by atomic mass is 9.79. The third kappa shape index (κ3) is 2.24. The van der Waals surface area contributed by atoms with Gasteiger partial charge in [-0.3, -0.25) is 4.79 Å². The van der Waals surface area contributed by atoms with E-state index < -0.39 is 0 Å². The van der Waals surface area contributed by atoms with E-state index in [0.717, 1.165) is 23.1 Å². The molecule has 0 radical (unpaired) electrons. The van der Waals surface area contributed by atoms with E-state index in [1.54, 1.807) is 0 Å². The van der Waals surface area contributed by atoms with E-state index in [1.165, 1.54) is 5.56 Å². The summed E-state index contributed by atoms with van der Waals surface area (Å²) >= 11 is 0. The zero-order valence-electron chi connectivity index (χ0n) is 11.0. The Morgan fingerprint density at radius 2 is 1.68 bits per heavy atom. The molecule has 0 aromatic heterocycles. The largest absolute Gasteiger partial charge is 0.289 e. The second-order valence-corrected chi connectivity index (χ2v) is 5.10. The zero-order chi connectivity index (χ0) is 13.2. The van der Waals surface area contributed by atoms with E-state index in [1.807, 2.05) is 54.6 Å². The molecule has 0 fully saturated rings. The van der Waals surface area contributed by atoms with Gasteiger partial charge in [-0.25, -0.2) is 0 Å². The predicted molar refractivity (Wildman–Crippen MR) is 78.2 cm³/mol. The van der Waals surface area contributed by atoms with Crippen LogP contribution in [0.3, 0.4) is 0 Å². The zero-order valence-corrected chi connectivity index (χ0v) is 11.0. The van der Waals surface area contributed by atoms with Crippen LogP contribution in [0.2, 0.25) is 0 Å². The maximum absolute atomic E-state index is 12.5. The van der Waals surface area contributed by atoms with Gasteiger partial charge in [-0.05, 0) is 29.5 Å². The highest BCUT2D eigenvalue weighted by molar-refractivity contribution is 6.13.